The molecule has 0 aromatic heterocycles. The fourth-order valence-corrected chi connectivity index (χ4v) is 3.57. The Morgan fingerprint density at radius 3 is 2.53 bits per heavy atom. The van der Waals surface area contributed by atoms with Gasteiger partial charge in [-0.05, 0) is 30.4 Å². The lowest BCUT2D eigenvalue weighted by atomic mass is 9.78. The van der Waals surface area contributed by atoms with Crippen LogP contribution in [0.15, 0.2) is 24.3 Å². The quantitative estimate of drug-likeness (QED) is 0.841. The molecular formula is C17H25NO. The highest BCUT2D eigenvalue weighted by molar-refractivity contribution is 5.39. The zero-order valence-corrected chi connectivity index (χ0v) is 11.7. The highest BCUT2D eigenvalue weighted by Gasteiger charge is 2.33. The average Bonchev–Trinajstić information content (AvgIpc) is 2.66. The van der Waals surface area contributed by atoms with Crippen molar-refractivity contribution in [2.45, 2.75) is 56.5 Å². The highest BCUT2D eigenvalue weighted by Crippen LogP contribution is 2.37. The van der Waals surface area contributed by atoms with E-state index >= 15 is 0 Å². The molecule has 0 aliphatic heterocycles. The Balaban J connectivity index is 1.59. The third kappa shape index (κ3) is 2.70. The second-order valence-electron chi connectivity index (χ2n) is 6.21. The Hall–Kier alpha value is -0.860. The fourth-order valence-electron chi connectivity index (χ4n) is 3.57. The van der Waals surface area contributed by atoms with E-state index in [2.05, 4.69) is 24.3 Å². The van der Waals surface area contributed by atoms with Gasteiger partial charge in [0.25, 0.3) is 0 Å². The van der Waals surface area contributed by atoms with Crippen LogP contribution in [-0.4, -0.2) is 18.8 Å². The Bertz CT molecular complexity index is 421. The zero-order chi connectivity index (χ0) is 13.1. The molecule has 0 bridgehead atoms. The van der Waals surface area contributed by atoms with Crippen LogP contribution in [0.3, 0.4) is 0 Å². The van der Waals surface area contributed by atoms with E-state index in [0.717, 1.165) is 19.4 Å². The van der Waals surface area contributed by atoms with E-state index in [0.29, 0.717) is 12.5 Å². The standard InChI is InChI=1S/C17H25NO/c18-13-17(9-5-1-2-6-10-17)19-12-15-11-14-7-3-4-8-16(14)15/h3-4,7-8,15H,1-2,5-6,9-13,18H2. The molecule has 1 fully saturated rings. The van der Waals surface area contributed by atoms with E-state index in [1.807, 2.05) is 0 Å². The van der Waals surface area contributed by atoms with Crippen LogP contribution < -0.4 is 5.73 Å². The molecule has 2 aliphatic carbocycles. The molecule has 1 aromatic carbocycles. The molecule has 1 saturated carbocycles. The van der Waals surface area contributed by atoms with Gasteiger partial charge in [-0.3, -0.25) is 0 Å². The first-order chi connectivity index (χ1) is 9.33. The van der Waals surface area contributed by atoms with Crippen LogP contribution in [0.4, 0.5) is 0 Å². The van der Waals surface area contributed by atoms with E-state index in [1.54, 1.807) is 0 Å². The van der Waals surface area contributed by atoms with E-state index in [9.17, 15) is 0 Å². The minimum atomic E-state index is -0.0268. The Kier molecular flexibility index (Phi) is 3.90. The second-order valence-corrected chi connectivity index (χ2v) is 6.21. The van der Waals surface area contributed by atoms with Crippen LogP contribution in [0.25, 0.3) is 0 Å². The third-order valence-electron chi connectivity index (χ3n) is 4.94. The van der Waals surface area contributed by atoms with Gasteiger partial charge in [0, 0.05) is 12.5 Å². The molecule has 2 N–H and O–H groups in total. The SMILES string of the molecule is NCC1(OCC2Cc3ccccc32)CCCCCC1. The van der Waals surface area contributed by atoms with Crippen LogP contribution in [0, 0.1) is 0 Å². The number of benzene rings is 1. The van der Waals surface area contributed by atoms with Crippen LogP contribution >= 0.6 is 0 Å². The summed E-state index contributed by atoms with van der Waals surface area (Å²) in [6.07, 6.45) is 8.72. The normalized spacial score (nSPS) is 25.2. The predicted molar refractivity (Wildman–Crippen MR) is 78.3 cm³/mol. The molecule has 1 unspecified atom stereocenters. The third-order valence-corrected chi connectivity index (χ3v) is 4.94. The number of nitrogens with two attached hydrogens (primary N) is 1. The van der Waals surface area contributed by atoms with Crippen LogP contribution in [-0.2, 0) is 11.2 Å². The van der Waals surface area contributed by atoms with Gasteiger partial charge in [0.05, 0.1) is 12.2 Å². The predicted octanol–water partition coefficient (Wildman–Crippen LogP) is 3.39. The van der Waals surface area contributed by atoms with Gasteiger partial charge in [0.1, 0.15) is 0 Å². The topological polar surface area (TPSA) is 35.2 Å². The largest absolute Gasteiger partial charge is 0.373 e. The molecule has 0 amide bonds. The van der Waals surface area contributed by atoms with Crippen molar-refractivity contribution in [2.24, 2.45) is 5.73 Å². The average molecular weight is 259 g/mol. The number of fused-ring (bicyclic) bond motifs is 1. The molecule has 1 atom stereocenters. The summed E-state index contributed by atoms with van der Waals surface area (Å²) in [6.45, 7) is 1.54. The first kappa shape index (κ1) is 13.1. The van der Waals surface area contributed by atoms with Gasteiger partial charge in [-0.25, -0.2) is 0 Å². The van der Waals surface area contributed by atoms with E-state index in [1.165, 1.54) is 43.2 Å². The van der Waals surface area contributed by atoms with Gasteiger partial charge in [-0.1, -0.05) is 49.9 Å². The lowest BCUT2D eigenvalue weighted by Gasteiger charge is -2.36. The summed E-state index contributed by atoms with van der Waals surface area (Å²) in [7, 11) is 0. The van der Waals surface area contributed by atoms with Crippen molar-refractivity contribution in [3.05, 3.63) is 35.4 Å². The van der Waals surface area contributed by atoms with Crippen molar-refractivity contribution in [3.8, 4) is 0 Å². The van der Waals surface area contributed by atoms with Crippen molar-refractivity contribution in [3.63, 3.8) is 0 Å². The number of rotatable bonds is 4. The minimum absolute atomic E-state index is 0.0268. The molecule has 2 nitrogen and oxygen atoms in total. The van der Waals surface area contributed by atoms with Crippen molar-refractivity contribution < 1.29 is 4.74 Å². The van der Waals surface area contributed by atoms with Crippen molar-refractivity contribution >= 4 is 0 Å². The summed E-state index contributed by atoms with van der Waals surface area (Å²) in [5, 5.41) is 0. The lowest BCUT2D eigenvalue weighted by molar-refractivity contribution is -0.0574. The van der Waals surface area contributed by atoms with E-state index < -0.39 is 0 Å². The summed E-state index contributed by atoms with van der Waals surface area (Å²) in [5.41, 5.74) is 8.98. The summed E-state index contributed by atoms with van der Waals surface area (Å²) in [4.78, 5) is 0. The lowest BCUT2D eigenvalue weighted by Crippen LogP contribution is -2.42. The van der Waals surface area contributed by atoms with Crippen LogP contribution in [0.5, 0.6) is 0 Å². The van der Waals surface area contributed by atoms with Crippen LogP contribution in [0.2, 0.25) is 0 Å². The smallest absolute Gasteiger partial charge is 0.0804 e. The summed E-state index contributed by atoms with van der Waals surface area (Å²) < 4.78 is 6.34. The van der Waals surface area contributed by atoms with Gasteiger partial charge >= 0.3 is 0 Å². The van der Waals surface area contributed by atoms with Crippen molar-refractivity contribution in [2.75, 3.05) is 13.2 Å². The zero-order valence-electron chi connectivity index (χ0n) is 11.7. The van der Waals surface area contributed by atoms with E-state index in [-0.39, 0.29) is 5.60 Å². The molecule has 3 rings (SSSR count). The van der Waals surface area contributed by atoms with Crippen molar-refractivity contribution in [1.82, 2.24) is 0 Å². The second kappa shape index (κ2) is 5.64. The maximum Gasteiger partial charge on any atom is 0.0804 e. The molecule has 19 heavy (non-hydrogen) atoms. The van der Waals surface area contributed by atoms with Gasteiger partial charge in [0.15, 0.2) is 0 Å². The van der Waals surface area contributed by atoms with Gasteiger partial charge in [-0.2, -0.15) is 0 Å². The molecule has 0 radical (unpaired) electrons. The van der Waals surface area contributed by atoms with Crippen molar-refractivity contribution in [1.29, 1.82) is 0 Å². The first-order valence-electron chi connectivity index (χ1n) is 7.75. The Labute approximate surface area is 116 Å². The molecule has 0 heterocycles. The molecular weight excluding hydrogens is 234 g/mol. The van der Waals surface area contributed by atoms with Gasteiger partial charge in [0.2, 0.25) is 0 Å². The van der Waals surface area contributed by atoms with Gasteiger partial charge in [-0.15, -0.1) is 0 Å². The summed E-state index contributed by atoms with van der Waals surface area (Å²) >= 11 is 0. The number of hydrogen-bond donors (Lipinski definition) is 1. The maximum absolute atomic E-state index is 6.34. The molecule has 0 saturated heterocycles. The molecule has 104 valence electrons. The maximum atomic E-state index is 6.34. The summed E-state index contributed by atoms with van der Waals surface area (Å²) in [6, 6.07) is 8.74. The summed E-state index contributed by atoms with van der Waals surface area (Å²) in [5.74, 6) is 0.600. The molecule has 1 aromatic rings. The first-order valence-corrected chi connectivity index (χ1v) is 7.75. The monoisotopic (exact) mass is 259 g/mol. The minimum Gasteiger partial charge on any atom is -0.373 e. The Morgan fingerprint density at radius 2 is 1.84 bits per heavy atom. The fraction of sp³-hybridized carbons (Fsp3) is 0.647. The van der Waals surface area contributed by atoms with E-state index in [4.69, 9.17) is 10.5 Å². The van der Waals surface area contributed by atoms with Crippen LogP contribution in [0.1, 0.15) is 55.6 Å². The number of ether oxygens (including phenoxy) is 1. The van der Waals surface area contributed by atoms with Gasteiger partial charge < -0.3 is 10.5 Å². The number of hydrogen-bond acceptors (Lipinski definition) is 2. The highest BCUT2D eigenvalue weighted by atomic mass is 16.5. The molecule has 2 heteroatoms. The molecule has 0 spiro atoms. The Morgan fingerprint density at radius 1 is 1.11 bits per heavy atom. The molecule has 2 aliphatic rings.